The lowest BCUT2D eigenvalue weighted by atomic mass is 9.84. The van der Waals surface area contributed by atoms with Crippen molar-refractivity contribution in [2.24, 2.45) is 16.6 Å². The minimum atomic E-state index is 0.284. The van der Waals surface area contributed by atoms with Gasteiger partial charge in [0.05, 0.1) is 12.1 Å². The third-order valence-corrected chi connectivity index (χ3v) is 5.81. The van der Waals surface area contributed by atoms with Gasteiger partial charge in [0.15, 0.2) is 5.96 Å². The standard InChI is InChI=1S/C18H33N3/c19-17-20-15-18(21(17)14-16-10-11-16)12-8-6-4-2-1-3-5-7-9-13-18/h16H,1-15H2,(H2,19,20). The maximum absolute atomic E-state index is 6.25. The highest BCUT2D eigenvalue weighted by atomic mass is 15.4. The second-order valence-corrected chi connectivity index (χ2v) is 7.63. The van der Waals surface area contributed by atoms with E-state index in [1.54, 1.807) is 0 Å². The zero-order valence-electron chi connectivity index (χ0n) is 13.7. The van der Waals surface area contributed by atoms with Gasteiger partial charge in [-0.3, -0.25) is 4.99 Å². The van der Waals surface area contributed by atoms with Gasteiger partial charge in [0.25, 0.3) is 0 Å². The van der Waals surface area contributed by atoms with Crippen LogP contribution in [0.3, 0.4) is 0 Å². The average molecular weight is 291 g/mol. The summed E-state index contributed by atoms with van der Waals surface area (Å²) in [6.07, 6.45) is 18.1. The molecule has 1 heterocycles. The molecule has 1 spiro atoms. The van der Waals surface area contributed by atoms with E-state index >= 15 is 0 Å². The highest BCUT2D eigenvalue weighted by molar-refractivity contribution is 5.81. The molecule has 0 aromatic heterocycles. The smallest absolute Gasteiger partial charge is 0.191 e. The predicted octanol–water partition coefficient (Wildman–Crippen LogP) is 4.07. The molecule has 0 aromatic rings. The minimum absolute atomic E-state index is 0.284. The lowest BCUT2D eigenvalue weighted by molar-refractivity contribution is 0.156. The fourth-order valence-electron chi connectivity index (χ4n) is 4.19. The maximum Gasteiger partial charge on any atom is 0.191 e. The molecular formula is C18H33N3. The van der Waals surface area contributed by atoms with Crippen LogP contribution < -0.4 is 5.73 Å². The van der Waals surface area contributed by atoms with Gasteiger partial charge < -0.3 is 10.6 Å². The maximum atomic E-state index is 6.25. The van der Waals surface area contributed by atoms with Crippen LogP contribution in [0.1, 0.15) is 83.5 Å². The first kappa shape index (κ1) is 15.2. The SMILES string of the molecule is NC1=NCC2(CCCCCCCCCCC2)N1CC1CC1. The van der Waals surface area contributed by atoms with Gasteiger partial charge in [-0.2, -0.15) is 0 Å². The molecular weight excluding hydrogens is 258 g/mol. The third kappa shape index (κ3) is 3.92. The first-order valence-corrected chi connectivity index (χ1v) is 9.38. The number of hydrogen-bond donors (Lipinski definition) is 1. The van der Waals surface area contributed by atoms with Gasteiger partial charge in [-0.05, 0) is 31.6 Å². The van der Waals surface area contributed by atoms with Gasteiger partial charge in [-0.25, -0.2) is 0 Å². The number of guanidine groups is 1. The van der Waals surface area contributed by atoms with Crippen LogP contribution in [-0.4, -0.2) is 29.5 Å². The summed E-state index contributed by atoms with van der Waals surface area (Å²) in [5.41, 5.74) is 6.54. The monoisotopic (exact) mass is 291 g/mol. The third-order valence-electron chi connectivity index (χ3n) is 5.81. The molecule has 0 radical (unpaired) electrons. The second-order valence-electron chi connectivity index (χ2n) is 7.63. The number of hydrogen-bond acceptors (Lipinski definition) is 3. The molecule has 3 nitrogen and oxygen atoms in total. The minimum Gasteiger partial charge on any atom is -0.370 e. The summed E-state index contributed by atoms with van der Waals surface area (Å²) < 4.78 is 0. The molecule has 0 unspecified atom stereocenters. The molecule has 2 aliphatic carbocycles. The summed E-state index contributed by atoms with van der Waals surface area (Å²) in [4.78, 5) is 7.19. The van der Waals surface area contributed by atoms with Crippen molar-refractivity contribution in [1.82, 2.24) is 4.90 Å². The molecule has 3 aliphatic rings. The Morgan fingerprint density at radius 3 is 1.95 bits per heavy atom. The zero-order chi connectivity index (χ0) is 14.5. The number of rotatable bonds is 2. The van der Waals surface area contributed by atoms with Crippen LogP contribution >= 0.6 is 0 Å². The quantitative estimate of drug-likeness (QED) is 0.833. The fraction of sp³-hybridized carbons (Fsp3) is 0.944. The molecule has 3 rings (SSSR count). The van der Waals surface area contributed by atoms with Crippen molar-refractivity contribution in [2.45, 2.75) is 89.0 Å². The highest BCUT2D eigenvalue weighted by Gasteiger charge is 2.43. The Morgan fingerprint density at radius 2 is 1.43 bits per heavy atom. The molecule has 2 N–H and O–H groups in total. The average Bonchev–Trinajstić information content (AvgIpc) is 3.23. The van der Waals surface area contributed by atoms with Gasteiger partial charge in [0.2, 0.25) is 0 Å². The predicted molar refractivity (Wildman–Crippen MR) is 89.4 cm³/mol. The Morgan fingerprint density at radius 1 is 0.905 bits per heavy atom. The Hall–Kier alpha value is -0.730. The summed E-state index contributed by atoms with van der Waals surface area (Å²) in [7, 11) is 0. The van der Waals surface area contributed by atoms with Gasteiger partial charge in [-0.1, -0.05) is 57.8 Å². The lowest BCUT2D eigenvalue weighted by Crippen LogP contribution is -2.52. The molecule has 0 aromatic carbocycles. The zero-order valence-corrected chi connectivity index (χ0v) is 13.7. The van der Waals surface area contributed by atoms with Crippen LogP contribution in [0.25, 0.3) is 0 Å². The Bertz CT molecular complexity index is 347. The van der Waals surface area contributed by atoms with E-state index in [0.29, 0.717) is 0 Å². The molecule has 120 valence electrons. The Kier molecular flexibility index (Phi) is 5.07. The molecule has 0 bridgehead atoms. The van der Waals surface area contributed by atoms with Crippen LogP contribution in [0.15, 0.2) is 4.99 Å². The first-order valence-electron chi connectivity index (χ1n) is 9.38. The molecule has 1 aliphatic heterocycles. The van der Waals surface area contributed by atoms with E-state index in [9.17, 15) is 0 Å². The van der Waals surface area contributed by atoms with Crippen molar-refractivity contribution in [3.05, 3.63) is 0 Å². The van der Waals surface area contributed by atoms with Crippen LogP contribution in [0.4, 0.5) is 0 Å². The van der Waals surface area contributed by atoms with E-state index in [2.05, 4.69) is 9.89 Å². The fourth-order valence-corrected chi connectivity index (χ4v) is 4.19. The Labute approximate surface area is 130 Å². The highest BCUT2D eigenvalue weighted by Crippen LogP contribution is 2.38. The molecule has 2 saturated carbocycles. The molecule has 0 amide bonds. The summed E-state index contributed by atoms with van der Waals surface area (Å²) in [6, 6.07) is 0. The summed E-state index contributed by atoms with van der Waals surface area (Å²) >= 11 is 0. The van der Waals surface area contributed by atoms with Crippen LogP contribution in [0.2, 0.25) is 0 Å². The van der Waals surface area contributed by atoms with Crippen molar-refractivity contribution >= 4 is 5.96 Å². The van der Waals surface area contributed by atoms with Crippen molar-refractivity contribution < 1.29 is 0 Å². The normalized spacial score (nSPS) is 28.0. The number of nitrogens with zero attached hydrogens (tertiary/aromatic N) is 2. The molecule has 3 heteroatoms. The van der Waals surface area contributed by atoms with Gasteiger partial charge in [-0.15, -0.1) is 0 Å². The van der Waals surface area contributed by atoms with E-state index in [4.69, 9.17) is 5.73 Å². The summed E-state index contributed by atoms with van der Waals surface area (Å²) in [5, 5.41) is 0. The topological polar surface area (TPSA) is 41.6 Å². The van der Waals surface area contributed by atoms with E-state index < -0.39 is 0 Å². The van der Waals surface area contributed by atoms with Crippen LogP contribution in [0, 0.1) is 5.92 Å². The van der Waals surface area contributed by atoms with Gasteiger partial charge in [0, 0.05) is 6.54 Å². The van der Waals surface area contributed by atoms with E-state index in [0.717, 1.165) is 18.4 Å². The lowest BCUT2D eigenvalue weighted by Gasteiger charge is -2.40. The van der Waals surface area contributed by atoms with Crippen molar-refractivity contribution in [2.75, 3.05) is 13.1 Å². The second kappa shape index (κ2) is 7.02. The van der Waals surface area contributed by atoms with E-state index in [1.165, 1.54) is 90.0 Å². The molecule has 0 atom stereocenters. The molecule has 0 saturated heterocycles. The van der Waals surface area contributed by atoms with Crippen molar-refractivity contribution in [3.8, 4) is 0 Å². The van der Waals surface area contributed by atoms with Gasteiger partial charge in [0.1, 0.15) is 0 Å². The molecule has 2 fully saturated rings. The number of aliphatic imine (C=N–C) groups is 1. The number of nitrogens with two attached hydrogens (primary N) is 1. The van der Waals surface area contributed by atoms with Crippen molar-refractivity contribution in [1.29, 1.82) is 0 Å². The van der Waals surface area contributed by atoms with E-state index in [-0.39, 0.29) is 5.54 Å². The van der Waals surface area contributed by atoms with Crippen LogP contribution in [-0.2, 0) is 0 Å². The summed E-state index contributed by atoms with van der Waals surface area (Å²) in [6.45, 7) is 2.14. The van der Waals surface area contributed by atoms with E-state index in [1.807, 2.05) is 0 Å². The summed E-state index contributed by atoms with van der Waals surface area (Å²) in [5.74, 6) is 1.74. The Balaban J connectivity index is 1.64. The van der Waals surface area contributed by atoms with Crippen LogP contribution in [0.5, 0.6) is 0 Å². The largest absolute Gasteiger partial charge is 0.370 e. The van der Waals surface area contributed by atoms with Crippen molar-refractivity contribution in [3.63, 3.8) is 0 Å². The van der Waals surface area contributed by atoms with Gasteiger partial charge >= 0.3 is 0 Å². The first-order chi connectivity index (χ1) is 10.3. The molecule has 21 heavy (non-hydrogen) atoms.